The Hall–Kier alpha value is -2.02. The molecular weight excluding hydrogens is 396 g/mol. The first-order valence-electron chi connectivity index (χ1n) is 9.24. The highest BCUT2D eigenvalue weighted by Gasteiger charge is 2.33. The van der Waals surface area contributed by atoms with E-state index >= 15 is 0 Å². The number of halogens is 1. The summed E-state index contributed by atoms with van der Waals surface area (Å²) in [6.07, 6.45) is 0. The summed E-state index contributed by atoms with van der Waals surface area (Å²) in [5.74, 6) is 0.619. The van der Waals surface area contributed by atoms with Gasteiger partial charge >= 0.3 is 0 Å². The first kappa shape index (κ1) is 19.3. The largest absolute Gasteiger partial charge is 0.378 e. The van der Waals surface area contributed by atoms with E-state index < -0.39 is 0 Å². The van der Waals surface area contributed by atoms with Gasteiger partial charge in [0.1, 0.15) is 5.37 Å². The van der Waals surface area contributed by atoms with Crippen molar-refractivity contribution in [2.75, 3.05) is 32.1 Å². The van der Waals surface area contributed by atoms with Gasteiger partial charge in [-0.15, -0.1) is 11.8 Å². The lowest BCUT2D eigenvalue weighted by atomic mass is 10.1. The molecule has 2 heterocycles. The van der Waals surface area contributed by atoms with E-state index in [-0.39, 0.29) is 17.2 Å². The van der Waals surface area contributed by atoms with Crippen LogP contribution in [0.25, 0.3) is 0 Å². The highest BCUT2D eigenvalue weighted by Crippen LogP contribution is 2.39. The second-order valence-electron chi connectivity index (χ2n) is 6.84. The van der Waals surface area contributed by atoms with Gasteiger partial charge in [-0.3, -0.25) is 9.59 Å². The van der Waals surface area contributed by atoms with Crippen molar-refractivity contribution >= 4 is 35.2 Å². The van der Waals surface area contributed by atoms with Gasteiger partial charge in [0.05, 0.1) is 19.0 Å². The topological polar surface area (TPSA) is 49.9 Å². The average molecular weight is 417 g/mol. The predicted molar refractivity (Wildman–Crippen MR) is 110 cm³/mol. The second-order valence-corrected chi connectivity index (χ2v) is 8.34. The summed E-state index contributed by atoms with van der Waals surface area (Å²) in [4.78, 5) is 28.7. The third kappa shape index (κ3) is 4.19. The monoisotopic (exact) mass is 416 g/mol. The maximum Gasteiger partial charge on any atom is 0.254 e. The van der Waals surface area contributed by atoms with Gasteiger partial charge in [0.15, 0.2) is 0 Å². The summed E-state index contributed by atoms with van der Waals surface area (Å²) >= 11 is 7.57. The number of nitrogens with zero attached hydrogens (tertiary/aromatic N) is 2. The van der Waals surface area contributed by atoms with Crippen LogP contribution in [0.15, 0.2) is 48.5 Å². The first-order chi connectivity index (χ1) is 13.6. The van der Waals surface area contributed by atoms with Crippen LogP contribution in [0, 0.1) is 0 Å². The van der Waals surface area contributed by atoms with Gasteiger partial charge in [-0.25, -0.2) is 0 Å². The van der Waals surface area contributed by atoms with Gasteiger partial charge in [0, 0.05) is 30.2 Å². The van der Waals surface area contributed by atoms with Crippen LogP contribution in [-0.4, -0.2) is 53.7 Å². The number of morpholine rings is 1. The van der Waals surface area contributed by atoms with Gasteiger partial charge in [-0.2, -0.15) is 0 Å². The lowest BCUT2D eigenvalue weighted by Gasteiger charge is -2.27. The van der Waals surface area contributed by atoms with Crippen LogP contribution in [0.4, 0.5) is 0 Å². The van der Waals surface area contributed by atoms with Crippen molar-refractivity contribution in [2.24, 2.45) is 0 Å². The fraction of sp³-hybridized carbons (Fsp3) is 0.333. The first-order valence-corrected chi connectivity index (χ1v) is 10.7. The molecule has 4 rings (SSSR count). The Bertz CT molecular complexity index is 851. The average Bonchev–Trinajstić information content (AvgIpc) is 3.10. The van der Waals surface area contributed by atoms with Crippen LogP contribution >= 0.6 is 23.4 Å². The van der Waals surface area contributed by atoms with Crippen LogP contribution in [0.2, 0.25) is 5.02 Å². The lowest BCUT2D eigenvalue weighted by molar-refractivity contribution is -0.128. The molecule has 2 saturated heterocycles. The van der Waals surface area contributed by atoms with Gasteiger partial charge in [-0.1, -0.05) is 35.9 Å². The van der Waals surface area contributed by atoms with Crippen molar-refractivity contribution < 1.29 is 14.3 Å². The summed E-state index contributed by atoms with van der Waals surface area (Å²) < 4.78 is 5.31. The van der Waals surface area contributed by atoms with E-state index in [1.54, 1.807) is 11.8 Å². The van der Waals surface area contributed by atoms with E-state index in [1.165, 1.54) is 0 Å². The highest BCUT2D eigenvalue weighted by molar-refractivity contribution is 8.00. The molecule has 146 valence electrons. The minimum Gasteiger partial charge on any atom is -0.378 e. The van der Waals surface area contributed by atoms with Crippen molar-refractivity contribution in [2.45, 2.75) is 11.9 Å². The van der Waals surface area contributed by atoms with Crippen molar-refractivity contribution in [3.05, 3.63) is 70.2 Å². The van der Waals surface area contributed by atoms with E-state index in [0.29, 0.717) is 49.2 Å². The molecule has 2 aromatic carbocycles. The zero-order valence-corrected chi connectivity index (χ0v) is 16.9. The Morgan fingerprint density at radius 2 is 1.75 bits per heavy atom. The normalized spacial score (nSPS) is 19.9. The molecule has 0 spiro atoms. The van der Waals surface area contributed by atoms with Gasteiger partial charge in [-0.05, 0) is 35.4 Å². The molecule has 0 bridgehead atoms. The number of hydrogen-bond donors (Lipinski definition) is 0. The number of amides is 2. The van der Waals surface area contributed by atoms with Crippen LogP contribution in [0.3, 0.4) is 0 Å². The van der Waals surface area contributed by atoms with E-state index in [9.17, 15) is 9.59 Å². The number of carbonyl (C=O) groups is 2. The van der Waals surface area contributed by atoms with E-state index in [0.717, 1.165) is 11.1 Å². The maximum atomic E-state index is 12.6. The van der Waals surface area contributed by atoms with Crippen molar-refractivity contribution in [1.29, 1.82) is 0 Å². The van der Waals surface area contributed by atoms with Gasteiger partial charge in [0.2, 0.25) is 5.91 Å². The molecule has 2 aliphatic rings. The number of rotatable bonds is 4. The summed E-state index contributed by atoms with van der Waals surface area (Å²) in [6.45, 7) is 2.97. The number of hydrogen-bond acceptors (Lipinski definition) is 4. The summed E-state index contributed by atoms with van der Waals surface area (Å²) in [6, 6.07) is 15.2. The van der Waals surface area contributed by atoms with E-state index in [2.05, 4.69) is 0 Å². The molecule has 2 amide bonds. The minimum atomic E-state index is -0.0456. The Labute approximate surface area is 173 Å². The molecule has 0 N–H and O–H groups in total. The molecule has 5 nitrogen and oxygen atoms in total. The SMILES string of the molecule is O=C(c1ccc(C2SCC(=O)N2Cc2ccc(Cl)cc2)cc1)N1CCOCC1. The maximum absolute atomic E-state index is 12.6. The Kier molecular flexibility index (Phi) is 5.90. The van der Waals surface area contributed by atoms with Gasteiger partial charge < -0.3 is 14.5 Å². The molecule has 2 aliphatic heterocycles. The van der Waals surface area contributed by atoms with Crippen LogP contribution in [0.1, 0.15) is 26.9 Å². The minimum absolute atomic E-state index is 0.0306. The van der Waals surface area contributed by atoms with E-state index in [4.69, 9.17) is 16.3 Å². The number of carbonyl (C=O) groups excluding carboxylic acids is 2. The molecule has 0 aliphatic carbocycles. The molecule has 28 heavy (non-hydrogen) atoms. The Morgan fingerprint density at radius 3 is 2.43 bits per heavy atom. The quantitative estimate of drug-likeness (QED) is 0.764. The molecule has 0 saturated carbocycles. The molecule has 2 fully saturated rings. The summed E-state index contributed by atoms with van der Waals surface area (Å²) in [7, 11) is 0. The summed E-state index contributed by atoms with van der Waals surface area (Å²) in [5.41, 5.74) is 2.75. The van der Waals surface area contributed by atoms with Crippen molar-refractivity contribution in [1.82, 2.24) is 9.80 Å². The molecule has 2 aromatic rings. The second kappa shape index (κ2) is 8.55. The van der Waals surface area contributed by atoms with Crippen molar-refractivity contribution in [3.8, 4) is 0 Å². The molecule has 1 atom stereocenters. The van der Waals surface area contributed by atoms with Crippen molar-refractivity contribution in [3.63, 3.8) is 0 Å². The number of benzene rings is 2. The van der Waals surface area contributed by atoms with Crippen LogP contribution < -0.4 is 0 Å². The van der Waals surface area contributed by atoms with E-state index in [1.807, 2.05) is 58.3 Å². The van der Waals surface area contributed by atoms with Crippen LogP contribution in [0.5, 0.6) is 0 Å². The van der Waals surface area contributed by atoms with Crippen LogP contribution in [-0.2, 0) is 16.1 Å². The lowest BCUT2D eigenvalue weighted by Crippen LogP contribution is -2.40. The third-order valence-electron chi connectivity index (χ3n) is 4.98. The Balaban J connectivity index is 1.48. The summed E-state index contributed by atoms with van der Waals surface area (Å²) in [5, 5.41) is 0.638. The molecule has 0 radical (unpaired) electrons. The highest BCUT2D eigenvalue weighted by atomic mass is 35.5. The molecular formula is C21H21ClN2O3S. The zero-order valence-electron chi connectivity index (χ0n) is 15.3. The zero-order chi connectivity index (χ0) is 19.5. The fourth-order valence-corrected chi connectivity index (χ4v) is 4.74. The smallest absolute Gasteiger partial charge is 0.254 e. The standard InChI is InChI=1S/C21H21ClN2O3S/c22-18-7-1-15(2-8-18)13-24-19(25)14-28-21(24)17-5-3-16(4-6-17)20(26)23-9-11-27-12-10-23/h1-8,21H,9-14H2. The molecule has 1 unspecified atom stereocenters. The predicted octanol–water partition coefficient (Wildman–Crippen LogP) is 3.59. The number of thioether (sulfide) groups is 1. The molecule has 0 aromatic heterocycles. The third-order valence-corrected chi connectivity index (χ3v) is 6.48. The Morgan fingerprint density at radius 1 is 1.07 bits per heavy atom. The molecule has 7 heteroatoms. The van der Waals surface area contributed by atoms with Gasteiger partial charge in [0.25, 0.3) is 5.91 Å². The number of ether oxygens (including phenoxy) is 1. The fourth-order valence-electron chi connectivity index (χ4n) is 3.43.